The molecule has 0 atom stereocenters. The first-order chi connectivity index (χ1) is 12.1. The third kappa shape index (κ3) is 4.10. The highest BCUT2D eigenvalue weighted by Crippen LogP contribution is 2.25. The standard InChI is InChI=1S/C20H27N3O2/c1-4-25-20(24)19-17-14-22(12-15(2)3)11-10-18(17)23(21-19)13-16-8-6-5-7-9-16/h5-9,15H,4,10-14H2,1-3H3. The van der Waals surface area contributed by atoms with Gasteiger partial charge in [-0.25, -0.2) is 4.79 Å². The van der Waals surface area contributed by atoms with Crippen LogP contribution in [0.5, 0.6) is 0 Å². The summed E-state index contributed by atoms with van der Waals surface area (Å²) < 4.78 is 7.23. The summed E-state index contributed by atoms with van der Waals surface area (Å²) >= 11 is 0. The molecule has 0 saturated carbocycles. The van der Waals surface area contributed by atoms with Crippen LogP contribution in [-0.4, -0.2) is 40.3 Å². The van der Waals surface area contributed by atoms with Gasteiger partial charge in [-0.1, -0.05) is 44.2 Å². The second kappa shape index (κ2) is 7.83. The lowest BCUT2D eigenvalue weighted by Gasteiger charge is -2.29. The molecule has 0 aliphatic carbocycles. The fourth-order valence-corrected chi connectivity index (χ4v) is 3.47. The van der Waals surface area contributed by atoms with Gasteiger partial charge in [-0.15, -0.1) is 0 Å². The number of benzene rings is 1. The van der Waals surface area contributed by atoms with E-state index < -0.39 is 0 Å². The normalized spacial score (nSPS) is 14.6. The highest BCUT2D eigenvalue weighted by atomic mass is 16.5. The summed E-state index contributed by atoms with van der Waals surface area (Å²) in [5.74, 6) is 0.295. The zero-order valence-corrected chi connectivity index (χ0v) is 15.4. The Balaban J connectivity index is 1.91. The van der Waals surface area contributed by atoms with Gasteiger partial charge in [0, 0.05) is 37.3 Å². The number of esters is 1. The maximum Gasteiger partial charge on any atom is 0.359 e. The minimum Gasteiger partial charge on any atom is -0.461 e. The maximum atomic E-state index is 12.4. The van der Waals surface area contributed by atoms with E-state index in [1.54, 1.807) is 0 Å². The number of nitrogens with zero attached hydrogens (tertiary/aromatic N) is 3. The van der Waals surface area contributed by atoms with Crippen LogP contribution in [0.3, 0.4) is 0 Å². The van der Waals surface area contributed by atoms with Crippen LogP contribution < -0.4 is 0 Å². The van der Waals surface area contributed by atoms with E-state index in [4.69, 9.17) is 4.74 Å². The summed E-state index contributed by atoms with van der Waals surface area (Å²) in [4.78, 5) is 14.8. The molecule has 1 aliphatic heterocycles. The van der Waals surface area contributed by atoms with Crippen molar-refractivity contribution in [3.63, 3.8) is 0 Å². The van der Waals surface area contributed by atoms with Gasteiger partial charge in [0.05, 0.1) is 13.2 Å². The van der Waals surface area contributed by atoms with Crippen molar-refractivity contribution < 1.29 is 9.53 Å². The van der Waals surface area contributed by atoms with Gasteiger partial charge >= 0.3 is 5.97 Å². The van der Waals surface area contributed by atoms with E-state index in [1.807, 2.05) is 29.8 Å². The van der Waals surface area contributed by atoms with Crippen LogP contribution in [0.4, 0.5) is 0 Å². The second-order valence-electron chi connectivity index (χ2n) is 7.02. The van der Waals surface area contributed by atoms with Gasteiger partial charge in [0.2, 0.25) is 0 Å². The van der Waals surface area contributed by atoms with E-state index in [-0.39, 0.29) is 5.97 Å². The minimum absolute atomic E-state index is 0.308. The van der Waals surface area contributed by atoms with Crippen LogP contribution in [0.15, 0.2) is 30.3 Å². The number of aromatic nitrogens is 2. The molecule has 2 heterocycles. The molecule has 134 valence electrons. The van der Waals surface area contributed by atoms with Crippen LogP contribution in [0.1, 0.15) is 48.1 Å². The lowest BCUT2D eigenvalue weighted by Crippen LogP contribution is -2.34. The van der Waals surface area contributed by atoms with Crippen LogP contribution >= 0.6 is 0 Å². The maximum absolute atomic E-state index is 12.4. The van der Waals surface area contributed by atoms with Crippen molar-refractivity contribution in [1.29, 1.82) is 0 Å². The first-order valence-corrected chi connectivity index (χ1v) is 9.10. The molecule has 0 amide bonds. The van der Waals surface area contributed by atoms with Crippen LogP contribution in [-0.2, 0) is 24.2 Å². The zero-order chi connectivity index (χ0) is 17.8. The average molecular weight is 341 g/mol. The van der Waals surface area contributed by atoms with E-state index in [2.05, 4.69) is 36.0 Å². The summed E-state index contributed by atoms with van der Waals surface area (Å²) in [7, 11) is 0. The molecule has 2 aromatic rings. The Hall–Kier alpha value is -2.14. The first-order valence-electron chi connectivity index (χ1n) is 9.10. The van der Waals surface area contributed by atoms with Gasteiger partial charge < -0.3 is 4.74 Å². The third-order valence-corrected chi connectivity index (χ3v) is 4.48. The Morgan fingerprint density at radius 1 is 1.28 bits per heavy atom. The van der Waals surface area contributed by atoms with Gasteiger partial charge in [-0.3, -0.25) is 9.58 Å². The Morgan fingerprint density at radius 3 is 2.72 bits per heavy atom. The van der Waals surface area contributed by atoms with Crippen molar-refractivity contribution in [2.75, 3.05) is 19.7 Å². The molecule has 3 rings (SSSR count). The number of hydrogen-bond acceptors (Lipinski definition) is 4. The van der Waals surface area contributed by atoms with E-state index in [0.29, 0.717) is 24.8 Å². The molecule has 25 heavy (non-hydrogen) atoms. The van der Waals surface area contributed by atoms with Gasteiger partial charge in [0.1, 0.15) is 0 Å². The van der Waals surface area contributed by atoms with Crippen LogP contribution in [0.2, 0.25) is 0 Å². The molecule has 0 radical (unpaired) electrons. The summed E-state index contributed by atoms with van der Waals surface area (Å²) in [6, 6.07) is 10.2. The van der Waals surface area contributed by atoms with Crippen molar-refractivity contribution in [3.05, 3.63) is 52.8 Å². The first kappa shape index (κ1) is 17.7. The summed E-state index contributed by atoms with van der Waals surface area (Å²) in [6.45, 7) is 10.1. The molecule has 1 aromatic carbocycles. The number of ether oxygens (including phenoxy) is 1. The molecular weight excluding hydrogens is 314 g/mol. The van der Waals surface area contributed by atoms with Crippen LogP contribution in [0, 0.1) is 5.92 Å². The van der Waals surface area contributed by atoms with Gasteiger partial charge in [0.15, 0.2) is 5.69 Å². The van der Waals surface area contributed by atoms with Crippen LogP contribution in [0.25, 0.3) is 0 Å². The van der Waals surface area contributed by atoms with Gasteiger partial charge in [-0.2, -0.15) is 5.10 Å². The topological polar surface area (TPSA) is 47.4 Å². The lowest BCUT2D eigenvalue weighted by molar-refractivity contribution is 0.0515. The lowest BCUT2D eigenvalue weighted by atomic mass is 10.0. The largest absolute Gasteiger partial charge is 0.461 e. The van der Waals surface area contributed by atoms with Gasteiger partial charge in [-0.05, 0) is 18.4 Å². The monoisotopic (exact) mass is 341 g/mol. The quantitative estimate of drug-likeness (QED) is 0.758. The highest BCUT2D eigenvalue weighted by Gasteiger charge is 2.29. The van der Waals surface area contributed by atoms with E-state index in [1.165, 1.54) is 11.3 Å². The molecule has 0 unspecified atom stereocenters. The van der Waals surface area contributed by atoms with Crippen molar-refractivity contribution in [2.45, 2.75) is 40.3 Å². The number of hydrogen-bond donors (Lipinski definition) is 0. The van der Waals surface area contributed by atoms with Crippen molar-refractivity contribution in [3.8, 4) is 0 Å². The van der Waals surface area contributed by atoms with Crippen molar-refractivity contribution in [1.82, 2.24) is 14.7 Å². The Bertz CT molecular complexity index is 722. The SMILES string of the molecule is CCOC(=O)c1nn(Cc2ccccc2)c2c1CN(CC(C)C)CC2. The molecule has 0 N–H and O–H groups in total. The van der Waals surface area contributed by atoms with E-state index in [0.717, 1.165) is 31.6 Å². The van der Waals surface area contributed by atoms with Crippen molar-refractivity contribution in [2.24, 2.45) is 5.92 Å². The number of rotatable bonds is 6. The number of carbonyl (C=O) groups excluding carboxylic acids is 1. The van der Waals surface area contributed by atoms with E-state index in [9.17, 15) is 4.79 Å². The summed E-state index contributed by atoms with van der Waals surface area (Å²) in [5.41, 5.74) is 3.89. The molecule has 1 aromatic heterocycles. The molecule has 1 aliphatic rings. The summed E-state index contributed by atoms with van der Waals surface area (Å²) in [6.07, 6.45) is 0.918. The molecule has 5 heteroatoms. The Labute approximate surface area is 149 Å². The number of carbonyl (C=O) groups is 1. The van der Waals surface area contributed by atoms with Gasteiger partial charge in [0.25, 0.3) is 0 Å². The minimum atomic E-state index is -0.308. The van der Waals surface area contributed by atoms with Crippen molar-refractivity contribution >= 4 is 5.97 Å². The summed E-state index contributed by atoms with van der Waals surface area (Å²) in [5, 5.41) is 4.63. The molecule has 0 fully saturated rings. The molecule has 0 spiro atoms. The smallest absolute Gasteiger partial charge is 0.359 e. The Kier molecular flexibility index (Phi) is 5.53. The number of fused-ring (bicyclic) bond motifs is 1. The average Bonchev–Trinajstić information content (AvgIpc) is 2.93. The molecule has 0 saturated heterocycles. The predicted octanol–water partition coefficient (Wildman–Crippen LogP) is 3.12. The molecule has 0 bridgehead atoms. The predicted molar refractivity (Wildman–Crippen MR) is 97.5 cm³/mol. The third-order valence-electron chi connectivity index (χ3n) is 4.48. The Morgan fingerprint density at radius 2 is 2.04 bits per heavy atom. The molecular formula is C20H27N3O2. The molecule has 5 nitrogen and oxygen atoms in total. The fraction of sp³-hybridized carbons (Fsp3) is 0.500. The highest BCUT2D eigenvalue weighted by molar-refractivity contribution is 5.89. The fourth-order valence-electron chi connectivity index (χ4n) is 3.47. The second-order valence-corrected chi connectivity index (χ2v) is 7.02. The van der Waals surface area contributed by atoms with E-state index >= 15 is 0 Å². The zero-order valence-electron chi connectivity index (χ0n) is 15.4.